The number of alkyl halides is 3. The van der Waals surface area contributed by atoms with Gasteiger partial charge < -0.3 is 4.52 Å². The monoisotopic (exact) mass is 409 g/mol. The van der Waals surface area contributed by atoms with Crippen molar-refractivity contribution in [3.05, 3.63) is 71.0 Å². The first kappa shape index (κ1) is 18.2. The number of carbonyl (C=O) groups excluding carboxylic acids is 1. The molecule has 0 aliphatic carbocycles. The second kappa shape index (κ2) is 6.45. The lowest BCUT2D eigenvalue weighted by molar-refractivity contribution is -0.159. The van der Waals surface area contributed by atoms with E-state index in [1.807, 2.05) is 0 Å². The minimum atomic E-state index is -4.75. The first-order valence-electron chi connectivity index (χ1n) is 7.77. The van der Waals surface area contributed by atoms with Gasteiger partial charge in [0.15, 0.2) is 0 Å². The van der Waals surface area contributed by atoms with Gasteiger partial charge in [-0.2, -0.15) is 18.2 Å². The highest BCUT2D eigenvalue weighted by atomic mass is 35.5. The molecule has 0 spiro atoms. The van der Waals surface area contributed by atoms with Crippen LogP contribution in [0.25, 0.3) is 22.3 Å². The number of carbonyl (C=O) groups is 1. The molecule has 5 nitrogen and oxygen atoms in total. The van der Waals surface area contributed by atoms with Gasteiger partial charge in [-0.15, -0.1) is 0 Å². The summed E-state index contributed by atoms with van der Waals surface area (Å²) < 4.78 is 57.3. The number of hydrogen-bond acceptors (Lipinski definition) is 4. The lowest BCUT2D eigenvalue weighted by Gasteiger charge is -2.07. The molecule has 2 aromatic heterocycles. The Hall–Kier alpha value is -3.20. The molecule has 4 aromatic rings. The predicted octanol–water partition coefficient (Wildman–Crippen LogP) is 5.19. The van der Waals surface area contributed by atoms with Gasteiger partial charge in [-0.3, -0.25) is 9.36 Å². The van der Waals surface area contributed by atoms with Crippen molar-refractivity contribution < 1.29 is 26.9 Å². The molecule has 0 fully saturated rings. The number of rotatable bonds is 2. The zero-order chi connectivity index (χ0) is 20.1. The van der Waals surface area contributed by atoms with Crippen LogP contribution in [-0.2, 0) is 6.18 Å². The van der Waals surface area contributed by atoms with Crippen molar-refractivity contribution in [3.8, 4) is 11.4 Å². The van der Waals surface area contributed by atoms with Gasteiger partial charge in [-0.05, 0) is 36.4 Å². The second-order valence-electron chi connectivity index (χ2n) is 5.78. The van der Waals surface area contributed by atoms with Crippen molar-refractivity contribution in [1.29, 1.82) is 0 Å². The second-order valence-corrected chi connectivity index (χ2v) is 6.19. The minimum absolute atomic E-state index is 0.0325. The molecule has 142 valence electrons. The maximum Gasteiger partial charge on any atom is 0.471 e. The SMILES string of the molecule is O=C(c1c(F)cccc1Cl)n1ccc2cc(-c3noc(C(F)(F)F)n3)ccc21. The Bertz CT molecular complexity index is 1190. The van der Waals surface area contributed by atoms with E-state index in [0.717, 1.165) is 6.07 Å². The van der Waals surface area contributed by atoms with Crippen LogP contribution in [0.3, 0.4) is 0 Å². The van der Waals surface area contributed by atoms with Crippen LogP contribution in [0.2, 0.25) is 5.02 Å². The number of halogens is 5. The molecule has 0 amide bonds. The summed E-state index contributed by atoms with van der Waals surface area (Å²) >= 11 is 5.94. The van der Waals surface area contributed by atoms with Gasteiger partial charge in [-0.25, -0.2) is 4.39 Å². The van der Waals surface area contributed by atoms with Gasteiger partial charge in [0, 0.05) is 17.1 Å². The molecule has 0 bridgehead atoms. The van der Waals surface area contributed by atoms with E-state index < -0.39 is 23.8 Å². The molecule has 0 aliphatic rings. The maximum atomic E-state index is 14.0. The summed E-state index contributed by atoms with van der Waals surface area (Å²) in [5.74, 6) is -3.14. The van der Waals surface area contributed by atoms with Crippen LogP contribution < -0.4 is 0 Å². The molecule has 0 atom stereocenters. The Morgan fingerprint density at radius 3 is 2.61 bits per heavy atom. The summed E-state index contributed by atoms with van der Waals surface area (Å²) in [7, 11) is 0. The molecule has 0 saturated carbocycles. The van der Waals surface area contributed by atoms with Crippen molar-refractivity contribution in [2.45, 2.75) is 6.18 Å². The molecule has 0 radical (unpaired) electrons. The Kier molecular flexibility index (Phi) is 4.19. The topological polar surface area (TPSA) is 60.9 Å². The van der Waals surface area contributed by atoms with E-state index in [1.54, 1.807) is 6.07 Å². The summed E-state index contributed by atoms with van der Waals surface area (Å²) in [6.07, 6.45) is -3.33. The molecule has 0 N–H and O–H groups in total. The Morgan fingerprint density at radius 2 is 1.93 bits per heavy atom. The maximum absolute atomic E-state index is 14.0. The summed E-state index contributed by atoms with van der Waals surface area (Å²) in [5.41, 5.74) is 0.396. The lowest BCUT2D eigenvalue weighted by atomic mass is 10.1. The first-order chi connectivity index (χ1) is 13.3. The molecule has 0 saturated heterocycles. The molecule has 10 heteroatoms. The minimum Gasteiger partial charge on any atom is -0.329 e. The molecule has 0 aliphatic heterocycles. The van der Waals surface area contributed by atoms with E-state index in [4.69, 9.17) is 11.6 Å². The Balaban J connectivity index is 1.75. The largest absolute Gasteiger partial charge is 0.471 e. The Morgan fingerprint density at radius 1 is 1.14 bits per heavy atom. The average Bonchev–Trinajstić information content (AvgIpc) is 3.28. The summed E-state index contributed by atoms with van der Waals surface area (Å²) in [6.45, 7) is 0. The van der Waals surface area contributed by atoms with Crippen LogP contribution >= 0.6 is 11.6 Å². The fourth-order valence-electron chi connectivity index (χ4n) is 2.74. The highest BCUT2D eigenvalue weighted by Crippen LogP contribution is 2.31. The molecule has 0 unspecified atom stereocenters. The highest BCUT2D eigenvalue weighted by molar-refractivity contribution is 6.34. The summed E-state index contributed by atoms with van der Waals surface area (Å²) in [5, 5.41) is 3.80. The van der Waals surface area contributed by atoms with Crippen molar-refractivity contribution in [3.63, 3.8) is 0 Å². The van der Waals surface area contributed by atoms with Gasteiger partial charge in [0.25, 0.3) is 5.91 Å². The van der Waals surface area contributed by atoms with Crippen LogP contribution in [0.1, 0.15) is 16.2 Å². The van der Waals surface area contributed by atoms with Crippen LogP contribution in [0.4, 0.5) is 17.6 Å². The molecule has 2 heterocycles. The van der Waals surface area contributed by atoms with E-state index in [9.17, 15) is 22.4 Å². The fraction of sp³-hybridized carbons (Fsp3) is 0.0556. The highest BCUT2D eigenvalue weighted by Gasteiger charge is 2.38. The van der Waals surface area contributed by atoms with E-state index in [1.165, 1.54) is 41.1 Å². The van der Waals surface area contributed by atoms with E-state index in [-0.39, 0.29) is 22.0 Å². The van der Waals surface area contributed by atoms with Crippen molar-refractivity contribution >= 4 is 28.4 Å². The van der Waals surface area contributed by atoms with Gasteiger partial charge >= 0.3 is 12.1 Å². The van der Waals surface area contributed by atoms with Crippen LogP contribution in [-0.4, -0.2) is 20.6 Å². The van der Waals surface area contributed by atoms with Gasteiger partial charge in [0.05, 0.1) is 16.1 Å². The smallest absolute Gasteiger partial charge is 0.329 e. The Labute approximate surface area is 159 Å². The third-order valence-electron chi connectivity index (χ3n) is 4.01. The van der Waals surface area contributed by atoms with Gasteiger partial charge in [0.2, 0.25) is 5.82 Å². The van der Waals surface area contributed by atoms with Crippen LogP contribution in [0.5, 0.6) is 0 Å². The zero-order valence-corrected chi connectivity index (χ0v) is 14.4. The molecular formula is C18H8ClF4N3O2. The van der Waals surface area contributed by atoms with Crippen molar-refractivity contribution in [2.75, 3.05) is 0 Å². The van der Waals surface area contributed by atoms with E-state index in [0.29, 0.717) is 10.9 Å². The average molecular weight is 410 g/mol. The third kappa shape index (κ3) is 3.03. The van der Waals surface area contributed by atoms with E-state index >= 15 is 0 Å². The molecule has 28 heavy (non-hydrogen) atoms. The number of hydrogen-bond donors (Lipinski definition) is 0. The number of aromatic nitrogens is 3. The number of nitrogens with zero attached hydrogens (tertiary/aromatic N) is 3. The summed E-state index contributed by atoms with van der Waals surface area (Å²) in [6, 6.07) is 9.87. The van der Waals surface area contributed by atoms with E-state index in [2.05, 4.69) is 14.7 Å². The van der Waals surface area contributed by atoms with Crippen LogP contribution in [0, 0.1) is 5.82 Å². The standard InChI is InChI=1S/C18H8ClF4N3O2/c19-11-2-1-3-12(20)14(11)16(27)26-7-6-9-8-10(4-5-13(9)26)15-24-17(28-25-15)18(21,22)23/h1-8H. The fourth-order valence-corrected chi connectivity index (χ4v) is 2.98. The normalized spacial score (nSPS) is 11.9. The number of fused-ring (bicyclic) bond motifs is 1. The van der Waals surface area contributed by atoms with Gasteiger partial charge in [-0.1, -0.05) is 22.8 Å². The number of benzene rings is 2. The molecule has 2 aromatic carbocycles. The summed E-state index contributed by atoms with van der Waals surface area (Å²) in [4.78, 5) is 16.0. The van der Waals surface area contributed by atoms with Crippen molar-refractivity contribution in [1.82, 2.24) is 14.7 Å². The quantitative estimate of drug-likeness (QED) is 0.427. The van der Waals surface area contributed by atoms with Crippen molar-refractivity contribution in [2.24, 2.45) is 0 Å². The molecular weight excluding hydrogens is 402 g/mol. The predicted molar refractivity (Wildman–Crippen MR) is 91.4 cm³/mol. The zero-order valence-electron chi connectivity index (χ0n) is 13.7. The third-order valence-corrected chi connectivity index (χ3v) is 4.33. The van der Waals surface area contributed by atoms with Crippen LogP contribution in [0.15, 0.2) is 53.2 Å². The van der Waals surface area contributed by atoms with Gasteiger partial charge in [0.1, 0.15) is 5.82 Å². The lowest BCUT2D eigenvalue weighted by Crippen LogP contribution is -2.13. The molecule has 4 rings (SSSR count). The first-order valence-corrected chi connectivity index (χ1v) is 8.14.